The van der Waals surface area contributed by atoms with E-state index in [4.69, 9.17) is 28.0 Å². The number of halogens is 2. The summed E-state index contributed by atoms with van der Waals surface area (Å²) >= 11 is 11.9. The molecule has 0 aliphatic heterocycles. The summed E-state index contributed by atoms with van der Waals surface area (Å²) in [4.78, 5) is 17.2. The maximum Gasteiger partial charge on any atom is 0.268 e. The molecule has 0 spiro atoms. The van der Waals surface area contributed by atoms with Crippen molar-refractivity contribution in [3.05, 3.63) is 63.6 Å². The molecule has 2 rings (SSSR count). The van der Waals surface area contributed by atoms with E-state index in [-0.39, 0.29) is 5.91 Å². The first-order valence-electron chi connectivity index (χ1n) is 6.97. The van der Waals surface area contributed by atoms with Crippen LogP contribution in [-0.2, 0) is 9.63 Å². The summed E-state index contributed by atoms with van der Waals surface area (Å²) in [6, 6.07) is 12.6. The molecule has 0 heterocycles. The fourth-order valence-corrected chi connectivity index (χ4v) is 2.05. The minimum Gasteiger partial charge on any atom is -0.383 e. The van der Waals surface area contributed by atoms with Crippen molar-refractivity contribution < 1.29 is 9.63 Å². The van der Waals surface area contributed by atoms with Crippen molar-refractivity contribution in [1.29, 1.82) is 0 Å². The third-order valence-electron chi connectivity index (χ3n) is 3.05. The lowest BCUT2D eigenvalue weighted by Gasteiger charge is -2.11. The van der Waals surface area contributed by atoms with E-state index in [0.717, 1.165) is 11.1 Å². The Morgan fingerprint density at radius 1 is 1.22 bits per heavy atom. The summed E-state index contributed by atoms with van der Waals surface area (Å²) in [7, 11) is 0. The van der Waals surface area contributed by atoms with Crippen molar-refractivity contribution >= 4 is 41.0 Å². The van der Waals surface area contributed by atoms with Crippen molar-refractivity contribution in [3.8, 4) is 0 Å². The fourth-order valence-electron chi connectivity index (χ4n) is 1.71. The third kappa shape index (κ3) is 5.27. The lowest BCUT2D eigenvalue weighted by atomic mass is 10.2. The van der Waals surface area contributed by atoms with Gasteiger partial charge in [-0.25, -0.2) is 0 Å². The van der Waals surface area contributed by atoms with Gasteiger partial charge in [0.2, 0.25) is 6.10 Å². The second-order valence-electron chi connectivity index (χ2n) is 5.01. The molecular weight excluding hydrogens is 335 g/mol. The van der Waals surface area contributed by atoms with Crippen molar-refractivity contribution in [2.24, 2.45) is 5.16 Å². The van der Waals surface area contributed by atoms with Crippen LogP contribution in [0.15, 0.2) is 47.6 Å². The summed E-state index contributed by atoms with van der Waals surface area (Å²) in [5.74, 6) is -0.366. The van der Waals surface area contributed by atoms with Crippen LogP contribution >= 0.6 is 23.2 Å². The minimum atomic E-state index is -0.772. The summed E-state index contributed by atoms with van der Waals surface area (Å²) in [5, 5.41) is 7.36. The topological polar surface area (TPSA) is 50.7 Å². The second kappa shape index (κ2) is 7.99. The number of nitrogens with zero attached hydrogens (tertiary/aromatic N) is 1. The van der Waals surface area contributed by atoms with Gasteiger partial charge in [-0.3, -0.25) is 4.79 Å². The number of rotatable bonds is 5. The number of aryl methyl sites for hydroxylation is 1. The van der Waals surface area contributed by atoms with Crippen LogP contribution in [-0.4, -0.2) is 18.2 Å². The average Bonchev–Trinajstić information content (AvgIpc) is 2.52. The number of hydrogen-bond donors (Lipinski definition) is 1. The molecule has 0 bridgehead atoms. The second-order valence-corrected chi connectivity index (χ2v) is 5.85. The molecule has 2 aromatic carbocycles. The molecule has 6 heteroatoms. The highest BCUT2D eigenvalue weighted by Gasteiger charge is 2.15. The SMILES string of the molecule is Cc1ccc(/C=N\O[C@@H](C)C(=O)Nc2cc(Cl)ccc2Cl)cc1. The number of nitrogens with one attached hydrogen (secondary N) is 1. The Hall–Kier alpha value is -2.04. The van der Waals surface area contributed by atoms with E-state index in [2.05, 4.69) is 10.5 Å². The van der Waals surface area contributed by atoms with Gasteiger partial charge >= 0.3 is 0 Å². The van der Waals surface area contributed by atoms with E-state index in [0.29, 0.717) is 15.7 Å². The number of hydrogen-bond acceptors (Lipinski definition) is 3. The highest BCUT2D eigenvalue weighted by atomic mass is 35.5. The van der Waals surface area contributed by atoms with Crippen LogP contribution in [0.25, 0.3) is 0 Å². The van der Waals surface area contributed by atoms with E-state index in [1.165, 1.54) is 0 Å². The number of carbonyl (C=O) groups excluding carboxylic acids is 1. The summed E-state index contributed by atoms with van der Waals surface area (Å²) in [5.41, 5.74) is 2.48. The molecule has 1 atom stereocenters. The molecule has 4 nitrogen and oxygen atoms in total. The zero-order valence-electron chi connectivity index (χ0n) is 12.7. The van der Waals surface area contributed by atoms with E-state index in [9.17, 15) is 4.79 Å². The van der Waals surface area contributed by atoms with Gasteiger partial charge < -0.3 is 10.2 Å². The predicted octanol–water partition coefficient (Wildman–Crippen LogP) is 4.68. The van der Waals surface area contributed by atoms with Crippen LogP contribution in [0, 0.1) is 6.92 Å². The first-order valence-corrected chi connectivity index (χ1v) is 7.73. The molecule has 1 N–H and O–H groups in total. The Morgan fingerprint density at radius 3 is 2.61 bits per heavy atom. The number of benzene rings is 2. The lowest BCUT2D eigenvalue weighted by Crippen LogP contribution is -2.26. The van der Waals surface area contributed by atoms with Crippen LogP contribution in [0.2, 0.25) is 10.0 Å². The van der Waals surface area contributed by atoms with Crippen molar-refractivity contribution in [3.63, 3.8) is 0 Å². The highest BCUT2D eigenvalue weighted by molar-refractivity contribution is 6.35. The Morgan fingerprint density at radius 2 is 1.91 bits per heavy atom. The number of oxime groups is 1. The quantitative estimate of drug-likeness (QED) is 0.628. The summed E-state index contributed by atoms with van der Waals surface area (Å²) in [6.07, 6.45) is 0.780. The molecule has 1 amide bonds. The van der Waals surface area contributed by atoms with Crippen LogP contribution < -0.4 is 5.32 Å². The molecule has 2 aromatic rings. The predicted molar refractivity (Wildman–Crippen MR) is 94.4 cm³/mol. The van der Waals surface area contributed by atoms with Gasteiger partial charge in [-0.05, 0) is 37.6 Å². The van der Waals surface area contributed by atoms with Crippen molar-refractivity contribution in [2.75, 3.05) is 5.32 Å². The smallest absolute Gasteiger partial charge is 0.268 e. The van der Waals surface area contributed by atoms with Crippen LogP contribution in [0.3, 0.4) is 0 Å². The molecule has 0 saturated carbocycles. The first kappa shape index (κ1) is 17.3. The van der Waals surface area contributed by atoms with E-state index in [1.807, 2.05) is 31.2 Å². The fraction of sp³-hybridized carbons (Fsp3) is 0.176. The normalized spacial score (nSPS) is 12.2. The highest BCUT2D eigenvalue weighted by Crippen LogP contribution is 2.25. The maximum atomic E-state index is 12.1. The molecule has 0 radical (unpaired) electrons. The Labute approximate surface area is 145 Å². The van der Waals surface area contributed by atoms with E-state index >= 15 is 0 Å². The van der Waals surface area contributed by atoms with Gasteiger partial charge in [0.25, 0.3) is 5.91 Å². The van der Waals surface area contributed by atoms with Crippen molar-refractivity contribution in [1.82, 2.24) is 0 Å². The summed E-state index contributed by atoms with van der Waals surface area (Å²) in [6.45, 7) is 3.60. The maximum absolute atomic E-state index is 12.1. The Bertz CT molecular complexity index is 715. The molecule has 0 aliphatic carbocycles. The molecule has 0 saturated heterocycles. The lowest BCUT2D eigenvalue weighted by molar-refractivity contribution is -0.126. The molecule has 0 fully saturated rings. The zero-order valence-corrected chi connectivity index (χ0v) is 14.2. The zero-order chi connectivity index (χ0) is 16.8. The van der Waals surface area contributed by atoms with E-state index in [1.54, 1.807) is 31.3 Å². The number of carbonyl (C=O) groups is 1. The number of anilines is 1. The molecule has 120 valence electrons. The largest absolute Gasteiger partial charge is 0.383 e. The number of amides is 1. The van der Waals surface area contributed by atoms with Crippen LogP contribution in [0.4, 0.5) is 5.69 Å². The average molecular weight is 351 g/mol. The molecule has 23 heavy (non-hydrogen) atoms. The standard InChI is InChI=1S/C17H16Cl2N2O2/c1-11-3-5-13(6-4-11)10-20-23-12(2)17(22)21-16-9-14(18)7-8-15(16)19/h3-10,12H,1-2H3,(H,21,22)/b20-10-/t12-/m0/s1. The van der Waals surface area contributed by atoms with Gasteiger partial charge in [-0.1, -0.05) is 58.2 Å². The molecule has 0 unspecified atom stereocenters. The Balaban J connectivity index is 1.92. The van der Waals surface area contributed by atoms with Gasteiger partial charge in [0.15, 0.2) is 0 Å². The molecule has 0 aromatic heterocycles. The Kier molecular flexibility index (Phi) is 6.02. The van der Waals surface area contributed by atoms with Gasteiger partial charge in [0, 0.05) is 5.02 Å². The van der Waals surface area contributed by atoms with Gasteiger partial charge in [-0.2, -0.15) is 0 Å². The molecular formula is C17H16Cl2N2O2. The van der Waals surface area contributed by atoms with Gasteiger partial charge in [0.1, 0.15) is 0 Å². The van der Waals surface area contributed by atoms with Gasteiger partial charge in [-0.15, -0.1) is 0 Å². The first-order chi connectivity index (χ1) is 11.0. The van der Waals surface area contributed by atoms with E-state index < -0.39 is 6.10 Å². The van der Waals surface area contributed by atoms with Crippen molar-refractivity contribution in [2.45, 2.75) is 20.0 Å². The van der Waals surface area contributed by atoms with Crippen LogP contribution in [0.1, 0.15) is 18.1 Å². The monoisotopic (exact) mass is 350 g/mol. The minimum absolute atomic E-state index is 0.366. The molecule has 0 aliphatic rings. The third-order valence-corrected chi connectivity index (χ3v) is 3.62. The summed E-state index contributed by atoms with van der Waals surface area (Å²) < 4.78 is 0. The van der Waals surface area contributed by atoms with Gasteiger partial charge in [0.05, 0.1) is 16.9 Å². The van der Waals surface area contributed by atoms with Crippen LogP contribution in [0.5, 0.6) is 0 Å².